The van der Waals surface area contributed by atoms with E-state index in [1.54, 1.807) is 0 Å². The van der Waals surface area contributed by atoms with Gasteiger partial charge in [-0.25, -0.2) is 0 Å². The second-order valence-electron chi connectivity index (χ2n) is 6.63. The number of rotatable bonds is 5. The SMILES string of the molecule is O=C(NCCNC1CCCCCC1)C1OCCc2ccccc21. The lowest BCUT2D eigenvalue weighted by atomic mass is 9.97. The number of fused-ring (bicyclic) bond motifs is 1. The van der Waals surface area contributed by atoms with E-state index in [1.165, 1.54) is 44.1 Å². The van der Waals surface area contributed by atoms with Crippen LogP contribution in [0.3, 0.4) is 0 Å². The summed E-state index contributed by atoms with van der Waals surface area (Å²) in [5, 5.41) is 6.61. The van der Waals surface area contributed by atoms with Crippen LogP contribution < -0.4 is 10.6 Å². The number of carbonyl (C=O) groups is 1. The molecule has 126 valence electrons. The van der Waals surface area contributed by atoms with Crippen LogP contribution in [0.25, 0.3) is 0 Å². The minimum absolute atomic E-state index is 0.0141. The average Bonchev–Trinajstić information content (AvgIpc) is 2.87. The summed E-state index contributed by atoms with van der Waals surface area (Å²) in [6.07, 6.45) is 8.38. The largest absolute Gasteiger partial charge is 0.363 e. The van der Waals surface area contributed by atoms with E-state index in [4.69, 9.17) is 4.74 Å². The summed E-state index contributed by atoms with van der Waals surface area (Å²) in [6, 6.07) is 8.71. The number of benzene rings is 1. The van der Waals surface area contributed by atoms with Gasteiger partial charge in [0.2, 0.25) is 0 Å². The van der Waals surface area contributed by atoms with Crippen molar-refractivity contribution in [1.29, 1.82) is 0 Å². The monoisotopic (exact) mass is 316 g/mol. The smallest absolute Gasteiger partial charge is 0.253 e. The number of carbonyl (C=O) groups excluding carboxylic acids is 1. The molecule has 0 aromatic heterocycles. The van der Waals surface area contributed by atoms with Crippen molar-refractivity contribution in [2.75, 3.05) is 19.7 Å². The molecular weight excluding hydrogens is 288 g/mol. The summed E-state index contributed by atoms with van der Waals surface area (Å²) < 4.78 is 5.70. The number of nitrogens with one attached hydrogen (secondary N) is 2. The van der Waals surface area contributed by atoms with E-state index < -0.39 is 6.10 Å². The Morgan fingerprint density at radius 3 is 2.70 bits per heavy atom. The molecular formula is C19H28N2O2. The van der Waals surface area contributed by atoms with Gasteiger partial charge in [0.05, 0.1) is 6.61 Å². The molecule has 0 radical (unpaired) electrons. The van der Waals surface area contributed by atoms with Crippen LogP contribution in [-0.4, -0.2) is 31.6 Å². The first-order chi connectivity index (χ1) is 11.3. The molecule has 1 aromatic rings. The summed E-state index contributed by atoms with van der Waals surface area (Å²) in [5.41, 5.74) is 2.25. The molecule has 23 heavy (non-hydrogen) atoms. The highest BCUT2D eigenvalue weighted by atomic mass is 16.5. The molecule has 4 nitrogen and oxygen atoms in total. The fourth-order valence-corrected chi connectivity index (χ4v) is 3.65. The molecule has 0 saturated heterocycles. The molecule has 1 aromatic carbocycles. The van der Waals surface area contributed by atoms with Crippen molar-refractivity contribution < 1.29 is 9.53 Å². The average molecular weight is 316 g/mol. The minimum Gasteiger partial charge on any atom is -0.363 e. The van der Waals surface area contributed by atoms with Gasteiger partial charge >= 0.3 is 0 Å². The van der Waals surface area contributed by atoms with E-state index >= 15 is 0 Å². The molecule has 3 rings (SSSR count). The van der Waals surface area contributed by atoms with Crippen LogP contribution in [0.15, 0.2) is 24.3 Å². The third-order valence-electron chi connectivity index (χ3n) is 4.94. The lowest BCUT2D eigenvalue weighted by molar-refractivity contribution is -0.134. The quantitative estimate of drug-likeness (QED) is 0.649. The Labute approximate surface area is 139 Å². The topological polar surface area (TPSA) is 50.4 Å². The van der Waals surface area contributed by atoms with Crippen molar-refractivity contribution in [3.05, 3.63) is 35.4 Å². The highest BCUT2D eigenvalue weighted by molar-refractivity contribution is 5.82. The van der Waals surface area contributed by atoms with Crippen LogP contribution in [0.5, 0.6) is 0 Å². The summed E-state index contributed by atoms with van der Waals surface area (Å²) in [5.74, 6) is -0.0141. The van der Waals surface area contributed by atoms with Gasteiger partial charge in [-0.05, 0) is 30.4 Å². The van der Waals surface area contributed by atoms with E-state index in [-0.39, 0.29) is 5.91 Å². The zero-order chi connectivity index (χ0) is 15.9. The maximum atomic E-state index is 12.4. The first-order valence-corrected chi connectivity index (χ1v) is 9.05. The molecule has 0 spiro atoms. The van der Waals surface area contributed by atoms with Crippen LogP contribution in [0.1, 0.15) is 55.8 Å². The Kier molecular flexibility index (Phi) is 6.06. The van der Waals surface area contributed by atoms with E-state index in [1.807, 2.05) is 18.2 Å². The second kappa shape index (κ2) is 8.46. The van der Waals surface area contributed by atoms with Crippen LogP contribution in [-0.2, 0) is 16.0 Å². The van der Waals surface area contributed by atoms with Gasteiger partial charge in [-0.2, -0.15) is 0 Å². The predicted octanol–water partition coefficient (Wildman–Crippen LogP) is 2.73. The number of amides is 1. The molecule has 1 heterocycles. The van der Waals surface area contributed by atoms with Crippen LogP contribution in [0, 0.1) is 0 Å². The van der Waals surface area contributed by atoms with Crippen molar-refractivity contribution in [2.45, 2.75) is 57.1 Å². The van der Waals surface area contributed by atoms with Crippen molar-refractivity contribution >= 4 is 5.91 Å². The molecule has 1 fully saturated rings. The molecule has 1 atom stereocenters. The maximum Gasteiger partial charge on any atom is 0.253 e. The third-order valence-corrected chi connectivity index (χ3v) is 4.94. The zero-order valence-corrected chi connectivity index (χ0v) is 13.9. The fourth-order valence-electron chi connectivity index (χ4n) is 3.65. The minimum atomic E-state index is -0.446. The Morgan fingerprint density at radius 2 is 1.87 bits per heavy atom. The maximum absolute atomic E-state index is 12.4. The molecule has 4 heteroatoms. The molecule has 1 unspecified atom stereocenters. The van der Waals surface area contributed by atoms with Gasteiger partial charge in [0.25, 0.3) is 5.91 Å². The van der Waals surface area contributed by atoms with Crippen LogP contribution in [0.2, 0.25) is 0 Å². The third kappa shape index (κ3) is 4.55. The Hall–Kier alpha value is -1.39. The molecule has 1 aliphatic heterocycles. The van der Waals surface area contributed by atoms with Gasteiger partial charge in [0.15, 0.2) is 6.10 Å². The molecule has 1 aliphatic carbocycles. The Morgan fingerprint density at radius 1 is 1.09 bits per heavy atom. The van der Waals surface area contributed by atoms with E-state index in [0.717, 1.165) is 18.5 Å². The number of hydrogen-bond acceptors (Lipinski definition) is 3. The van der Waals surface area contributed by atoms with Crippen molar-refractivity contribution in [3.63, 3.8) is 0 Å². The van der Waals surface area contributed by atoms with Gasteiger partial charge in [-0.3, -0.25) is 4.79 Å². The van der Waals surface area contributed by atoms with Gasteiger partial charge in [0.1, 0.15) is 0 Å². The molecule has 0 bridgehead atoms. The highest BCUT2D eigenvalue weighted by Crippen LogP contribution is 2.26. The fraction of sp³-hybridized carbons (Fsp3) is 0.632. The van der Waals surface area contributed by atoms with Gasteiger partial charge in [-0.1, -0.05) is 49.9 Å². The highest BCUT2D eigenvalue weighted by Gasteiger charge is 2.26. The van der Waals surface area contributed by atoms with Crippen LogP contribution >= 0.6 is 0 Å². The van der Waals surface area contributed by atoms with Crippen molar-refractivity contribution in [2.24, 2.45) is 0 Å². The van der Waals surface area contributed by atoms with Gasteiger partial charge in [-0.15, -0.1) is 0 Å². The predicted molar refractivity (Wildman–Crippen MR) is 91.3 cm³/mol. The van der Waals surface area contributed by atoms with Crippen molar-refractivity contribution in [1.82, 2.24) is 10.6 Å². The van der Waals surface area contributed by atoms with Crippen molar-refractivity contribution in [3.8, 4) is 0 Å². The molecule has 2 aliphatic rings. The van der Waals surface area contributed by atoms with Crippen LogP contribution in [0.4, 0.5) is 0 Å². The standard InChI is InChI=1S/C19H28N2O2/c22-19(18-17-10-6-5-7-15(17)11-14-23-18)21-13-12-20-16-8-3-1-2-4-9-16/h5-7,10,16,18,20H,1-4,8-9,11-14H2,(H,21,22). The summed E-state index contributed by atoms with van der Waals surface area (Å²) in [4.78, 5) is 12.4. The summed E-state index contributed by atoms with van der Waals surface area (Å²) in [7, 11) is 0. The first-order valence-electron chi connectivity index (χ1n) is 9.05. The van der Waals surface area contributed by atoms with Gasteiger partial charge < -0.3 is 15.4 Å². The van der Waals surface area contributed by atoms with E-state index in [9.17, 15) is 4.79 Å². The number of ether oxygens (including phenoxy) is 1. The lowest BCUT2D eigenvalue weighted by Crippen LogP contribution is -2.39. The lowest BCUT2D eigenvalue weighted by Gasteiger charge is -2.25. The number of hydrogen-bond donors (Lipinski definition) is 2. The Bertz CT molecular complexity index is 510. The molecule has 1 amide bonds. The first kappa shape index (κ1) is 16.5. The summed E-state index contributed by atoms with van der Waals surface area (Å²) in [6.45, 7) is 2.12. The van der Waals surface area contributed by atoms with E-state index in [0.29, 0.717) is 19.2 Å². The molecule has 2 N–H and O–H groups in total. The normalized spacial score (nSPS) is 22.2. The van der Waals surface area contributed by atoms with E-state index in [2.05, 4.69) is 16.7 Å². The summed E-state index contributed by atoms with van der Waals surface area (Å²) >= 11 is 0. The van der Waals surface area contributed by atoms with Gasteiger partial charge in [0, 0.05) is 19.1 Å². The molecule has 1 saturated carbocycles. The Balaban J connectivity index is 1.43. The second-order valence-corrected chi connectivity index (χ2v) is 6.63. The zero-order valence-electron chi connectivity index (χ0n) is 13.9.